The van der Waals surface area contributed by atoms with Gasteiger partial charge < -0.3 is 10.8 Å². The quantitative estimate of drug-likeness (QED) is 0.281. The second-order valence-corrected chi connectivity index (χ2v) is 2.78. The van der Waals surface area contributed by atoms with E-state index >= 15 is 0 Å². The smallest absolute Gasteiger partial charge is 0.340 e. The summed E-state index contributed by atoms with van der Waals surface area (Å²) in [5.41, 5.74) is 4.56. The Kier molecular flexibility index (Phi) is 5.59. The zero-order chi connectivity index (χ0) is 10.3. The van der Waals surface area contributed by atoms with Crippen molar-refractivity contribution in [3.63, 3.8) is 0 Å². The summed E-state index contributed by atoms with van der Waals surface area (Å²) in [5.74, 6) is -2.12. The normalized spacial score (nSPS) is 11.3. The third-order valence-electron chi connectivity index (χ3n) is 1.65. The average molecular weight is 185 g/mol. The van der Waals surface area contributed by atoms with Crippen LogP contribution in [0.4, 0.5) is 0 Å². The molecule has 4 nitrogen and oxygen atoms in total. The molecule has 0 fully saturated rings. The summed E-state index contributed by atoms with van der Waals surface area (Å²) in [6.45, 7) is 2.05. The van der Waals surface area contributed by atoms with Gasteiger partial charge in [-0.2, -0.15) is 0 Å². The first-order chi connectivity index (χ1) is 6.09. The van der Waals surface area contributed by atoms with Crippen LogP contribution < -0.4 is 5.73 Å². The molecule has 0 rings (SSSR count). The summed E-state index contributed by atoms with van der Waals surface area (Å²) in [7, 11) is 0. The molecule has 0 radical (unpaired) electrons. The van der Waals surface area contributed by atoms with Crippen LogP contribution >= 0.6 is 0 Å². The fourth-order valence-electron chi connectivity index (χ4n) is 0.934. The van der Waals surface area contributed by atoms with Crippen molar-refractivity contribution in [1.29, 1.82) is 0 Å². The highest BCUT2D eigenvalue weighted by atomic mass is 16.4. The molecule has 4 heteroatoms. The number of hydrogen-bond acceptors (Lipinski definition) is 2. The SMILES string of the molecule is CCCCCC=C(C(N)=O)C(=O)O. The molecular weight excluding hydrogens is 170 g/mol. The molecule has 0 aliphatic rings. The third kappa shape index (κ3) is 5.00. The largest absolute Gasteiger partial charge is 0.478 e. The number of hydrogen-bond donors (Lipinski definition) is 2. The zero-order valence-corrected chi connectivity index (χ0v) is 7.75. The number of rotatable bonds is 6. The fraction of sp³-hybridized carbons (Fsp3) is 0.556. The Morgan fingerprint density at radius 3 is 2.38 bits per heavy atom. The highest BCUT2D eigenvalue weighted by molar-refractivity contribution is 6.14. The molecule has 0 aromatic rings. The number of primary amides is 1. The Bertz CT molecular complexity index is 205. The zero-order valence-electron chi connectivity index (χ0n) is 7.75. The van der Waals surface area contributed by atoms with E-state index in [2.05, 4.69) is 6.92 Å². The van der Waals surface area contributed by atoms with Crippen molar-refractivity contribution in [3.05, 3.63) is 11.6 Å². The fourth-order valence-corrected chi connectivity index (χ4v) is 0.934. The lowest BCUT2D eigenvalue weighted by Gasteiger charge is -1.96. The minimum absolute atomic E-state index is 0.309. The van der Waals surface area contributed by atoms with E-state index in [0.29, 0.717) is 6.42 Å². The minimum atomic E-state index is -1.25. The Morgan fingerprint density at radius 2 is 2.00 bits per heavy atom. The van der Waals surface area contributed by atoms with E-state index in [1.807, 2.05) is 0 Å². The van der Waals surface area contributed by atoms with E-state index in [0.717, 1.165) is 19.3 Å². The molecule has 0 aromatic carbocycles. The van der Waals surface area contributed by atoms with Crippen LogP contribution in [0.5, 0.6) is 0 Å². The summed E-state index contributed by atoms with van der Waals surface area (Å²) in [5, 5.41) is 8.53. The Balaban J connectivity index is 4.06. The molecule has 0 heterocycles. The van der Waals surface area contributed by atoms with Gasteiger partial charge in [0.05, 0.1) is 0 Å². The van der Waals surface area contributed by atoms with E-state index in [4.69, 9.17) is 10.8 Å². The molecular formula is C9H15NO3. The lowest BCUT2D eigenvalue weighted by molar-refractivity contribution is -0.134. The van der Waals surface area contributed by atoms with Gasteiger partial charge in [0.1, 0.15) is 5.57 Å². The van der Waals surface area contributed by atoms with Crippen LogP contribution in [0.15, 0.2) is 11.6 Å². The van der Waals surface area contributed by atoms with Crippen molar-refractivity contribution in [3.8, 4) is 0 Å². The first-order valence-corrected chi connectivity index (χ1v) is 4.32. The number of carbonyl (C=O) groups is 2. The van der Waals surface area contributed by atoms with Gasteiger partial charge in [0.25, 0.3) is 5.91 Å². The minimum Gasteiger partial charge on any atom is -0.478 e. The first-order valence-electron chi connectivity index (χ1n) is 4.32. The van der Waals surface area contributed by atoms with Crippen molar-refractivity contribution in [2.45, 2.75) is 32.6 Å². The number of nitrogens with two attached hydrogens (primary N) is 1. The topological polar surface area (TPSA) is 80.4 Å². The predicted octanol–water partition coefficient (Wildman–Crippen LogP) is 1.06. The molecule has 0 atom stereocenters. The highest BCUT2D eigenvalue weighted by Crippen LogP contribution is 2.03. The summed E-state index contributed by atoms with van der Waals surface area (Å²) >= 11 is 0. The standard InChI is InChI=1S/C9H15NO3/c1-2-3-4-5-6-7(8(10)11)9(12)13/h6H,2-5H2,1H3,(H2,10,11)(H,12,13). The van der Waals surface area contributed by atoms with Crippen LogP contribution in [0, 0.1) is 0 Å². The first kappa shape index (κ1) is 11.7. The summed E-state index contributed by atoms with van der Waals surface area (Å²) in [6, 6.07) is 0. The van der Waals surface area contributed by atoms with Gasteiger partial charge >= 0.3 is 5.97 Å². The van der Waals surface area contributed by atoms with Gasteiger partial charge in [-0.25, -0.2) is 4.79 Å². The number of unbranched alkanes of at least 4 members (excludes halogenated alkanes) is 3. The van der Waals surface area contributed by atoms with Gasteiger partial charge in [-0.05, 0) is 12.8 Å². The van der Waals surface area contributed by atoms with Gasteiger partial charge in [0.2, 0.25) is 0 Å². The average Bonchev–Trinajstić information content (AvgIpc) is 2.02. The number of carboxylic acid groups (broad SMARTS) is 1. The van der Waals surface area contributed by atoms with E-state index in [9.17, 15) is 9.59 Å². The summed E-state index contributed by atoms with van der Waals surface area (Å²) in [6.07, 6.45) is 4.97. The maximum atomic E-state index is 10.6. The lowest BCUT2D eigenvalue weighted by Crippen LogP contribution is -2.20. The molecule has 0 bridgehead atoms. The molecule has 3 N–H and O–H groups in total. The van der Waals surface area contributed by atoms with Crippen LogP contribution in [0.1, 0.15) is 32.6 Å². The van der Waals surface area contributed by atoms with Gasteiger partial charge in [0.15, 0.2) is 0 Å². The van der Waals surface area contributed by atoms with Gasteiger partial charge in [0, 0.05) is 0 Å². The van der Waals surface area contributed by atoms with E-state index in [-0.39, 0.29) is 5.57 Å². The molecule has 0 saturated heterocycles. The van der Waals surface area contributed by atoms with Crippen LogP contribution in [0.2, 0.25) is 0 Å². The number of allylic oxidation sites excluding steroid dienone is 1. The molecule has 0 aliphatic carbocycles. The molecule has 0 aromatic heterocycles. The van der Waals surface area contributed by atoms with Crippen molar-refractivity contribution in [2.24, 2.45) is 5.73 Å². The van der Waals surface area contributed by atoms with Crippen LogP contribution in [-0.4, -0.2) is 17.0 Å². The van der Waals surface area contributed by atoms with E-state index in [1.165, 1.54) is 6.08 Å². The second-order valence-electron chi connectivity index (χ2n) is 2.78. The second kappa shape index (κ2) is 6.22. The van der Waals surface area contributed by atoms with Crippen LogP contribution in [-0.2, 0) is 9.59 Å². The van der Waals surface area contributed by atoms with Crippen molar-refractivity contribution in [2.75, 3.05) is 0 Å². The third-order valence-corrected chi connectivity index (χ3v) is 1.65. The molecule has 0 aliphatic heterocycles. The monoisotopic (exact) mass is 185 g/mol. The number of amides is 1. The maximum absolute atomic E-state index is 10.6. The molecule has 13 heavy (non-hydrogen) atoms. The Hall–Kier alpha value is -1.32. The molecule has 0 unspecified atom stereocenters. The highest BCUT2D eigenvalue weighted by Gasteiger charge is 2.12. The van der Waals surface area contributed by atoms with Gasteiger partial charge in [-0.15, -0.1) is 0 Å². The predicted molar refractivity (Wildman–Crippen MR) is 49.1 cm³/mol. The van der Waals surface area contributed by atoms with Crippen molar-refractivity contribution >= 4 is 11.9 Å². The summed E-state index contributed by atoms with van der Waals surface area (Å²) in [4.78, 5) is 21.0. The van der Waals surface area contributed by atoms with Crippen molar-refractivity contribution in [1.82, 2.24) is 0 Å². The van der Waals surface area contributed by atoms with Gasteiger partial charge in [-0.1, -0.05) is 25.8 Å². The van der Waals surface area contributed by atoms with Crippen molar-refractivity contribution < 1.29 is 14.7 Å². The molecule has 0 saturated carbocycles. The van der Waals surface area contributed by atoms with E-state index in [1.54, 1.807) is 0 Å². The Labute approximate surface area is 77.4 Å². The molecule has 74 valence electrons. The lowest BCUT2D eigenvalue weighted by atomic mass is 10.1. The number of carbonyl (C=O) groups excluding carboxylic acids is 1. The van der Waals surface area contributed by atoms with Crippen LogP contribution in [0.3, 0.4) is 0 Å². The van der Waals surface area contributed by atoms with Crippen LogP contribution in [0.25, 0.3) is 0 Å². The maximum Gasteiger partial charge on any atom is 0.340 e. The summed E-state index contributed by atoms with van der Waals surface area (Å²) < 4.78 is 0. The van der Waals surface area contributed by atoms with E-state index < -0.39 is 11.9 Å². The molecule has 0 spiro atoms. The number of carboxylic acids is 1. The van der Waals surface area contributed by atoms with Gasteiger partial charge in [-0.3, -0.25) is 4.79 Å². The number of aliphatic carboxylic acids is 1. The molecule has 1 amide bonds. The Morgan fingerprint density at radius 1 is 1.38 bits per heavy atom.